The molecule has 6 aromatic carbocycles. The van der Waals surface area contributed by atoms with E-state index < -0.39 is 48.6 Å². The van der Waals surface area contributed by atoms with Crippen LogP contribution in [0.4, 0.5) is 22.0 Å². The molecule has 0 fully saturated rings. The summed E-state index contributed by atoms with van der Waals surface area (Å²) in [5.41, 5.74) is 2.16. The molecule has 1 unspecified atom stereocenters. The molecule has 8 heteroatoms. The molecule has 0 radical (unpaired) electrons. The quantitative estimate of drug-likeness (QED) is 0.0719. The van der Waals surface area contributed by atoms with E-state index in [0.717, 1.165) is 32.5 Å². The van der Waals surface area contributed by atoms with E-state index in [2.05, 4.69) is 18.8 Å². The number of hydrogen-bond acceptors (Lipinski definition) is 1. The zero-order chi connectivity index (χ0) is 33.5. The normalized spacial score (nSPS) is 12.7. The van der Waals surface area contributed by atoms with E-state index in [-0.39, 0.29) is 0 Å². The van der Waals surface area contributed by atoms with Crippen molar-refractivity contribution in [1.29, 1.82) is 0 Å². The Morgan fingerprint density at radius 3 is 1.73 bits per heavy atom. The van der Waals surface area contributed by atoms with Gasteiger partial charge in [0.15, 0.2) is 23.3 Å². The molecule has 2 nitrogen and oxygen atoms in total. The Labute approximate surface area is 275 Å². The van der Waals surface area contributed by atoms with Gasteiger partial charge in [0, 0.05) is 16.7 Å². The van der Waals surface area contributed by atoms with Gasteiger partial charge in [0.05, 0.1) is 23.0 Å². The third kappa shape index (κ3) is 5.29. The highest BCUT2D eigenvalue weighted by atomic mass is 31.1. The average Bonchev–Trinajstić information content (AvgIpc) is 3.54. The van der Waals surface area contributed by atoms with Crippen LogP contribution >= 0.6 is 7.92 Å². The lowest BCUT2D eigenvalue weighted by Crippen LogP contribution is -2.19. The second-order valence-corrected chi connectivity index (χ2v) is 13.6. The first-order chi connectivity index (χ1) is 23.3. The number of aromatic nitrogens is 2. The van der Waals surface area contributed by atoms with Gasteiger partial charge in [0.2, 0.25) is 5.82 Å². The molecule has 0 aliphatic carbocycles. The monoisotopic (exact) mass is 662 g/mol. The molecule has 48 heavy (non-hydrogen) atoms. The number of nitrogens with zero attached hydrogens (tertiary/aromatic N) is 2. The summed E-state index contributed by atoms with van der Waals surface area (Å²) in [7, 11) is -0.981. The fourth-order valence-corrected chi connectivity index (χ4v) is 8.09. The van der Waals surface area contributed by atoms with Gasteiger partial charge in [-0.25, -0.2) is 26.9 Å². The first-order valence-corrected chi connectivity index (χ1v) is 17.1. The summed E-state index contributed by atoms with van der Waals surface area (Å²) in [5.74, 6) is -9.59. The molecule has 0 aliphatic heterocycles. The van der Waals surface area contributed by atoms with Crippen LogP contribution in [0.1, 0.15) is 18.5 Å². The van der Waals surface area contributed by atoms with Crippen LogP contribution in [0, 0.1) is 29.1 Å². The SMILES string of the molecule is C[C@@H](c1c(F)c(F)c(F)c(F)c1F)n1c(-c2c(P(C)c3ccccc3)ccc3ccccc23)nc(-c2ccccc2)c1-c1ccccc1. The Morgan fingerprint density at radius 1 is 0.583 bits per heavy atom. The second-order valence-electron chi connectivity index (χ2n) is 11.5. The number of imidazole rings is 1. The lowest BCUT2D eigenvalue weighted by Gasteiger charge is -2.25. The first kappa shape index (κ1) is 31.5. The number of rotatable bonds is 7. The van der Waals surface area contributed by atoms with Gasteiger partial charge in [-0.2, -0.15) is 0 Å². The molecule has 7 rings (SSSR count). The maximum absolute atomic E-state index is 15.7. The first-order valence-electron chi connectivity index (χ1n) is 15.3. The van der Waals surface area contributed by atoms with Crippen molar-refractivity contribution < 1.29 is 22.0 Å². The summed E-state index contributed by atoms with van der Waals surface area (Å²) < 4.78 is 76.8. The molecule has 0 N–H and O–H groups in total. The summed E-state index contributed by atoms with van der Waals surface area (Å²) in [6.07, 6.45) is 0. The average molecular weight is 663 g/mol. The third-order valence-corrected chi connectivity index (χ3v) is 10.9. The van der Waals surface area contributed by atoms with Gasteiger partial charge >= 0.3 is 0 Å². The van der Waals surface area contributed by atoms with Gasteiger partial charge in [0.1, 0.15) is 5.82 Å². The number of halogens is 5. The number of fused-ring (bicyclic) bond motifs is 1. The van der Waals surface area contributed by atoms with E-state index in [0.29, 0.717) is 22.8 Å². The standard InChI is InChI=1S/C40H28F5N2P/c1-24(31-33(41)35(43)37(45)36(44)34(31)42)47-39(27-17-8-4-9-18-27)38(26-15-6-3-7-16-26)46-40(47)32-29-21-13-12-14-25(29)22-23-30(32)48(2)28-19-10-5-11-20-28/h3-24H,1-2H3/t24-,48?/m0/s1. The van der Waals surface area contributed by atoms with Gasteiger partial charge in [-0.15, -0.1) is 0 Å². The van der Waals surface area contributed by atoms with Gasteiger partial charge < -0.3 is 4.57 Å². The van der Waals surface area contributed by atoms with Gasteiger partial charge in [0.25, 0.3) is 0 Å². The van der Waals surface area contributed by atoms with E-state index in [1.807, 2.05) is 115 Å². The fourth-order valence-electron chi connectivity index (χ4n) is 6.34. The van der Waals surface area contributed by atoms with Crippen molar-refractivity contribution in [1.82, 2.24) is 9.55 Å². The van der Waals surface area contributed by atoms with Crippen LogP contribution in [-0.4, -0.2) is 16.2 Å². The summed E-state index contributed by atoms with van der Waals surface area (Å²) in [6.45, 7) is 3.58. The smallest absolute Gasteiger partial charge is 0.200 e. The van der Waals surface area contributed by atoms with Gasteiger partial charge in [-0.3, -0.25) is 0 Å². The van der Waals surface area contributed by atoms with Crippen LogP contribution in [0.15, 0.2) is 127 Å². The fraction of sp³-hybridized carbons (Fsp3) is 0.0750. The van der Waals surface area contributed by atoms with Crippen LogP contribution in [-0.2, 0) is 0 Å². The second kappa shape index (κ2) is 12.8. The Balaban J connectivity index is 1.65. The third-order valence-electron chi connectivity index (χ3n) is 8.69. The molecular formula is C40H28F5N2P. The van der Waals surface area contributed by atoms with E-state index in [1.165, 1.54) is 6.92 Å². The zero-order valence-corrected chi connectivity index (χ0v) is 26.8. The summed E-state index contributed by atoms with van der Waals surface area (Å²) in [4.78, 5) is 5.25. The molecule has 0 saturated carbocycles. The lowest BCUT2D eigenvalue weighted by atomic mass is 10.0. The Hall–Kier alpha value is -5.13. The van der Waals surface area contributed by atoms with Crippen molar-refractivity contribution in [2.75, 3.05) is 6.66 Å². The lowest BCUT2D eigenvalue weighted by molar-refractivity contribution is 0.361. The predicted octanol–water partition coefficient (Wildman–Crippen LogP) is 10.4. The van der Waals surface area contributed by atoms with Crippen molar-refractivity contribution in [3.05, 3.63) is 162 Å². The minimum absolute atomic E-state index is 0.348. The highest BCUT2D eigenvalue weighted by molar-refractivity contribution is 7.72. The molecule has 7 aromatic rings. The molecule has 0 bridgehead atoms. The topological polar surface area (TPSA) is 17.8 Å². The summed E-state index contributed by atoms with van der Waals surface area (Å²) in [6, 6.07) is 39.0. The minimum atomic E-state index is -2.20. The zero-order valence-electron chi connectivity index (χ0n) is 25.9. The maximum atomic E-state index is 15.7. The van der Waals surface area contributed by atoms with Crippen molar-refractivity contribution in [2.24, 2.45) is 0 Å². The van der Waals surface area contributed by atoms with Crippen LogP contribution in [0.3, 0.4) is 0 Å². The van der Waals surface area contributed by atoms with E-state index in [4.69, 9.17) is 4.98 Å². The Bertz CT molecular complexity index is 2240. The minimum Gasteiger partial charge on any atom is -0.316 e. The molecule has 0 amide bonds. The molecular weight excluding hydrogens is 634 g/mol. The van der Waals surface area contributed by atoms with Gasteiger partial charge in [-0.05, 0) is 42.9 Å². The largest absolute Gasteiger partial charge is 0.316 e. The molecule has 1 heterocycles. The van der Waals surface area contributed by atoms with Crippen molar-refractivity contribution >= 4 is 29.3 Å². The molecule has 0 saturated heterocycles. The molecule has 0 aliphatic rings. The predicted molar refractivity (Wildman–Crippen MR) is 185 cm³/mol. The summed E-state index contributed by atoms with van der Waals surface area (Å²) in [5, 5.41) is 3.80. The molecule has 1 aromatic heterocycles. The van der Waals surface area contributed by atoms with Crippen molar-refractivity contribution in [3.8, 4) is 33.9 Å². The van der Waals surface area contributed by atoms with Crippen molar-refractivity contribution in [3.63, 3.8) is 0 Å². The molecule has 0 spiro atoms. The van der Waals surface area contributed by atoms with Crippen molar-refractivity contribution in [2.45, 2.75) is 13.0 Å². The van der Waals surface area contributed by atoms with Crippen LogP contribution in [0.2, 0.25) is 0 Å². The van der Waals surface area contributed by atoms with Gasteiger partial charge in [-0.1, -0.05) is 127 Å². The Kier molecular flexibility index (Phi) is 8.40. The molecule has 2 atom stereocenters. The molecule has 238 valence electrons. The van der Waals surface area contributed by atoms with E-state index in [9.17, 15) is 13.2 Å². The van der Waals surface area contributed by atoms with Crippen LogP contribution in [0.25, 0.3) is 44.7 Å². The van der Waals surface area contributed by atoms with Crippen LogP contribution in [0.5, 0.6) is 0 Å². The highest BCUT2D eigenvalue weighted by Gasteiger charge is 2.34. The summed E-state index contributed by atoms with van der Waals surface area (Å²) >= 11 is 0. The number of hydrogen-bond donors (Lipinski definition) is 0. The van der Waals surface area contributed by atoms with Crippen LogP contribution < -0.4 is 10.6 Å². The number of benzene rings is 6. The highest BCUT2D eigenvalue weighted by Crippen LogP contribution is 2.45. The van der Waals surface area contributed by atoms with E-state index in [1.54, 1.807) is 4.57 Å². The Morgan fingerprint density at radius 2 is 1.10 bits per heavy atom. The maximum Gasteiger partial charge on any atom is 0.200 e. The van der Waals surface area contributed by atoms with E-state index >= 15 is 8.78 Å².